The van der Waals surface area contributed by atoms with E-state index < -0.39 is 26.7 Å². The second-order valence-electron chi connectivity index (χ2n) is 4.03. The van der Waals surface area contributed by atoms with Gasteiger partial charge in [-0.1, -0.05) is 12.1 Å². The summed E-state index contributed by atoms with van der Waals surface area (Å²) in [6.45, 7) is 0.157. The highest BCUT2D eigenvalue weighted by Gasteiger charge is 2.35. The van der Waals surface area contributed by atoms with Crippen molar-refractivity contribution in [1.82, 2.24) is 4.31 Å². The number of aliphatic hydroxyl groups is 1. The van der Waals surface area contributed by atoms with Gasteiger partial charge in [-0.05, 0) is 12.5 Å². The smallest absolute Gasteiger partial charge is 0.289 e. The topological polar surface area (TPSA) is 101 Å². The summed E-state index contributed by atoms with van der Waals surface area (Å²) in [6.07, 6.45) is -0.359. The van der Waals surface area contributed by atoms with Gasteiger partial charge in [0, 0.05) is 19.2 Å². The van der Waals surface area contributed by atoms with E-state index in [1.165, 1.54) is 18.2 Å². The first-order valence-electron chi connectivity index (χ1n) is 5.34. The van der Waals surface area contributed by atoms with Crippen LogP contribution in [0.4, 0.5) is 5.69 Å². The number of sulfonamides is 1. The monoisotopic (exact) mass is 272 g/mol. The van der Waals surface area contributed by atoms with Crippen LogP contribution in [0.5, 0.6) is 0 Å². The quantitative estimate of drug-likeness (QED) is 0.632. The summed E-state index contributed by atoms with van der Waals surface area (Å²) in [5.41, 5.74) is -0.445. The summed E-state index contributed by atoms with van der Waals surface area (Å²) in [5.74, 6) is 0. The molecule has 1 aliphatic heterocycles. The lowest BCUT2D eigenvalue weighted by atomic mass is 10.3. The van der Waals surface area contributed by atoms with Crippen molar-refractivity contribution in [2.75, 3.05) is 13.1 Å². The zero-order valence-electron chi connectivity index (χ0n) is 9.39. The zero-order valence-corrected chi connectivity index (χ0v) is 10.2. The Kier molecular flexibility index (Phi) is 3.33. The maximum Gasteiger partial charge on any atom is 0.289 e. The fraction of sp³-hybridized carbons (Fsp3) is 0.400. The van der Waals surface area contributed by atoms with Crippen LogP contribution < -0.4 is 0 Å². The van der Waals surface area contributed by atoms with Gasteiger partial charge < -0.3 is 5.11 Å². The first kappa shape index (κ1) is 12.9. The Morgan fingerprint density at radius 3 is 2.61 bits per heavy atom. The highest BCUT2D eigenvalue weighted by Crippen LogP contribution is 2.28. The van der Waals surface area contributed by atoms with Crippen LogP contribution >= 0.6 is 0 Å². The number of para-hydroxylation sites is 1. The number of benzene rings is 1. The number of hydrogen-bond donors (Lipinski definition) is 1. The summed E-state index contributed by atoms with van der Waals surface area (Å²) >= 11 is 0. The van der Waals surface area contributed by atoms with E-state index in [0.29, 0.717) is 6.42 Å². The van der Waals surface area contributed by atoms with Gasteiger partial charge in [0.15, 0.2) is 4.90 Å². The molecule has 1 atom stereocenters. The van der Waals surface area contributed by atoms with Crippen molar-refractivity contribution in [3.05, 3.63) is 34.4 Å². The minimum Gasteiger partial charge on any atom is -0.392 e. The van der Waals surface area contributed by atoms with Crippen molar-refractivity contribution >= 4 is 15.7 Å². The second-order valence-corrected chi connectivity index (χ2v) is 5.94. The van der Waals surface area contributed by atoms with Crippen molar-refractivity contribution < 1.29 is 18.4 Å². The number of aliphatic hydroxyl groups excluding tert-OH is 1. The van der Waals surface area contributed by atoms with Crippen LogP contribution in [0.15, 0.2) is 29.2 Å². The van der Waals surface area contributed by atoms with Gasteiger partial charge in [-0.3, -0.25) is 10.1 Å². The van der Waals surface area contributed by atoms with Gasteiger partial charge in [0.2, 0.25) is 10.0 Å². The molecule has 0 radical (unpaired) electrons. The van der Waals surface area contributed by atoms with E-state index in [1.54, 1.807) is 0 Å². The molecule has 8 heteroatoms. The molecule has 0 saturated carbocycles. The Morgan fingerprint density at radius 2 is 2.06 bits per heavy atom. The molecule has 0 aliphatic carbocycles. The molecule has 1 aromatic carbocycles. The van der Waals surface area contributed by atoms with Crippen LogP contribution in [0, 0.1) is 10.1 Å². The van der Waals surface area contributed by atoms with E-state index in [-0.39, 0.29) is 18.0 Å². The SMILES string of the molecule is O=[N+]([O-])c1ccccc1S(=O)(=O)N1CC[C@@H](O)C1. The molecule has 2 rings (SSSR count). The van der Waals surface area contributed by atoms with Crippen molar-refractivity contribution in [2.45, 2.75) is 17.4 Å². The van der Waals surface area contributed by atoms with Gasteiger partial charge in [0.05, 0.1) is 11.0 Å². The first-order chi connectivity index (χ1) is 8.43. The molecule has 98 valence electrons. The van der Waals surface area contributed by atoms with Crippen molar-refractivity contribution in [2.24, 2.45) is 0 Å². The summed E-state index contributed by atoms with van der Waals surface area (Å²) < 4.78 is 25.5. The molecular formula is C10H12N2O5S. The second kappa shape index (κ2) is 4.63. The molecule has 0 unspecified atom stereocenters. The maximum absolute atomic E-state index is 12.2. The van der Waals surface area contributed by atoms with E-state index in [0.717, 1.165) is 10.4 Å². The minimum absolute atomic E-state index is 0.0195. The Bertz CT molecular complexity index is 571. The van der Waals surface area contributed by atoms with Gasteiger partial charge in [0.25, 0.3) is 5.69 Å². The van der Waals surface area contributed by atoms with Crippen molar-refractivity contribution in [3.8, 4) is 0 Å². The lowest BCUT2D eigenvalue weighted by Gasteiger charge is -2.15. The van der Waals surface area contributed by atoms with E-state index in [4.69, 9.17) is 0 Å². The fourth-order valence-corrected chi connectivity index (χ4v) is 3.54. The highest BCUT2D eigenvalue weighted by atomic mass is 32.2. The van der Waals surface area contributed by atoms with Crippen molar-refractivity contribution in [3.63, 3.8) is 0 Å². The number of rotatable bonds is 3. The Labute approximate surface area is 104 Å². The fourth-order valence-electron chi connectivity index (χ4n) is 1.89. The summed E-state index contributed by atoms with van der Waals surface area (Å²) in [5, 5.41) is 20.2. The molecule has 0 bridgehead atoms. The average Bonchev–Trinajstić information content (AvgIpc) is 2.76. The molecule has 1 N–H and O–H groups in total. The van der Waals surface area contributed by atoms with Gasteiger partial charge >= 0.3 is 0 Å². The number of hydrogen-bond acceptors (Lipinski definition) is 5. The van der Waals surface area contributed by atoms with E-state index >= 15 is 0 Å². The zero-order chi connectivity index (χ0) is 13.3. The lowest BCUT2D eigenvalue weighted by molar-refractivity contribution is -0.387. The first-order valence-corrected chi connectivity index (χ1v) is 6.78. The molecule has 1 saturated heterocycles. The molecular weight excluding hydrogens is 260 g/mol. The summed E-state index contributed by atoms with van der Waals surface area (Å²) in [7, 11) is -3.92. The van der Waals surface area contributed by atoms with Gasteiger partial charge in [-0.2, -0.15) is 4.31 Å². The van der Waals surface area contributed by atoms with Crippen LogP contribution in [0.1, 0.15) is 6.42 Å². The normalized spacial score (nSPS) is 21.1. The minimum atomic E-state index is -3.92. The lowest BCUT2D eigenvalue weighted by Crippen LogP contribution is -2.30. The average molecular weight is 272 g/mol. The van der Waals surface area contributed by atoms with Crippen LogP contribution in [0.25, 0.3) is 0 Å². The highest BCUT2D eigenvalue weighted by molar-refractivity contribution is 7.89. The Morgan fingerprint density at radius 1 is 1.39 bits per heavy atom. The van der Waals surface area contributed by atoms with Crippen molar-refractivity contribution in [1.29, 1.82) is 0 Å². The molecule has 1 fully saturated rings. The molecule has 1 aromatic rings. The Balaban J connectivity index is 2.45. The number of β-amino-alcohol motifs (C(OH)–C–C–N with tert-alkyl or cyclic N) is 1. The molecule has 7 nitrogen and oxygen atoms in total. The third-order valence-corrected chi connectivity index (χ3v) is 4.72. The number of nitro groups is 1. The molecule has 0 amide bonds. The van der Waals surface area contributed by atoms with Crippen LogP contribution in [-0.4, -0.2) is 41.9 Å². The molecule has 1 heterocycles. The molecule has 0 spiro atoms. The Hall–Kier alpha value is -1.51. The van der Waals surface area contributed by atoms with E-state index in [9.17, 15) is 23.6 Å². The van der Waals surface area contributed by atoms with Crippen LogP contribution in [-0.2, 0) is 10.0 Å². The summed E-state index contributed by atoms with van der Waals surface area (Å²) in [6, 6.07) is 5.21. The maximum atomic E-state index is 12.2. The van der Waals surface area contributed by atoms with Crippen LogP contribution in [0.3, 0.4) is 0 Å². The van der Waals surface area contributed by atoms with Gasteiger partial charge in [-0.15, -0.1) is 0 Å². The molecule has 1 aliphatic rings. The molecule has 0 aromatic heterocycles. The number of nitro benzene ring substituents is 1. The largest absolute Gasteiger partial charge is 0.392 e. The van der Waals surface area contributed by atoms with Crippen LogP contribution in [0.2, 0.25) is 0 Å². The van der Waals surface area contributed by atoms with Gasteiger partial charge in [0.1, 0.15) is 0 Å². The predicted molar refractivity (Wildman–Crippen MR) is 62.5 cm³/mol. The standard InChI is InChI=1S/C10H12N2O5S/c13-8-5-6-11(7-8)18(16,17)10-4-2-1-3-9(10)12(14)15/h1-4,8,13H,5-7H2/t8-/m1/s1. The number of nitrogens with zero attached hydrogens (tertiary/aromatic N) is 2. The molecule has 18 heavy (non-hydrogen) atoms. The summed E-state index contributed by atoms with van der Waals surface area (Å²) in [4.78, 5) is 9.77. The third kappa shape index (κ3) is 2.22. The van der Waals surface area contributed by atoms with E-state index in [1.807, 2.05) is 0 Å². The predicted octanol–water partition coefficient (Wildman–Crippen LogP) is 0.350. The van der Waals surface area contributed by atoms with E-state index in [2.05, 4.69) is 0 Å². The van der Waals surface area contributed by atoms with Gasteiger partial charge in [-0.25, -0.2) is 8.42 Å². The third-order valence-electron chi connectivity index (χ3n) is 2.81.